The minimum atomic E-state index is -0.201. The minimum Gasteiger partial charge on any atom is -0.497 e. The molecule has 2 saturated heterocycles. The molecule has 0 aliphatic carbocycles. The van der Waals surface area contributed by atoms with Gasteiger partial charge in [-0.05, 0) is 78.8 Å². The summed E-state index contributed by atoms with van der Waals surface area (Å²) < 4.78 is 5.17. The van der Waals surface area contributed by atoms with Crippen molar-refractivity contribution < 1.29 is 19.1 Å². The normalized spacial score (nSPS) is 18.7. The Morgan fingerprint density at radius 1 is 0.955 bits per heavy atom. The van der Waals surface area contributed by atoms with Gasteiger partial charge in [0.15, 0.2) is 5.78 Å². The molecule has 3 heterocycles. The number of piperidine rings is 2. The van der Waals surface area contributed by atoms with Crippen LogP contribution in [0.5, 0.6) is 5.75 Å². The van der Waals surface area contributed by atoms with Gasteiger partial charge in [-0.25, -0.2) is 0 Å². The number of carbonyl (C=O) groups is 3. The van der Waals surface area contributed by atoms with Crippen LogP contribution in [0.4, 0.5) is 0 Å². The fourth-order valence-corrected chi connectivity index (χ4v) is 6.21. The van der Waals surface area contributed by atoms with Crippen LogP contribution in [0.3, 0.4) is 0 Å². The maximum atomic E-state index is 13.1. The van der Waals surface area contributed by atoms with Gasteiger partial charge in [0, 0.05) is 56.4 Å². The number of nitriles is 1. The molecule has 0 spiro atoms. The molecule has 9 nitrogen and oxygen atoms in total. The summed E-state index contributed by atoms with van der Waals surface area (Å²) in [7, 11) is 1.59. The molecule has 1 N–H and O–H groups in total. The summed E-state index contributed by atoms with van der Waals surface area (Å²) in [6, 6.07) is 20.2. The molecule has 1 unspecified atom stereocenters. The summed E-state index contributed by atoms with van der Waals surface area (Å²) in [5.41, 5.74) is 3.03. The Bertz CT molecular complexity index is 1520. The summed E-state index contributed by atoms with van der Waals surface area (Å²) in [4.78, 5) is 47.7. The Hall–Kier alpha value is -4.55. The summed E-state index contributed by atoms with van der Waals surface area (Å²) in [5, 5.41) is 12.2. The number of ketones is 1. The number of pyridine rings is 1. The van der Waals surface area contributed by atoms with Crippen molar-refractivity contribution in [2.24, 2.45) is 11.3 Å². The molecule has 44 heavy (non-hydrogen) atoms. The SMILES string of the molecule is COc1ccc(C(=O)C2CCN(C(=O)c3ccc(C(=O)NC4CCN(Cc5ccc(C#N)cc5)CC4(C)C)cn3)CC2)cc1. The molecule has 1 aromatic heterocycles. The molecule has 0 bridgehead atoms. The van der Waals surface area contributed by atoms with Crippen LogP contribution < -0.4 is 10.1 Å². The third kappa shape index (κ3) is 7.14. The number of Topliss-reactive ketones (excluding diaryl/α,β-unsaturated/α-hetero) is 1. The molecular weight excluding hydrogens is 554 g/mol. The molecule has 2 aromatic carbocycles. The maximum Gasteiger partial charge on any atom is 0.272 e. The fourth-order valence-electron chi connectivity index (χ4n) is 6.21. The molecule has 1 atom stereocenters. The fraction of sp³-hybridized carbons (Fsp3) is 0.400. The van der Waals surface area contributed by atoms with Crippen LogP contribution in [-0.4, -0.2) is 71.7 Å². The first-order valence-electron chi connectivity index (χ1n) is 15.1. The number of methoxy groups -OCH3 is 1. The number of carbonyl (C=O) groups excluding carboxylic acids is 3. The van der Waals surface area contributed by atoms with Crippen molar-refractivity contribution >= 4 is 17.6 Å². The monoisotopic (exact) mass is 593 g/mol. The summed E-state index contributed by atoms with van der Waals surface area (Å²) in [5.74, 6) is 0.280. The zero-order valence-corrected chi connectivity index (χ0v) is 25.6. The number of rotatable bonds is 8. The number of hydrogen-bond donors (Lipinski definition) is 1. The molecule has 2 aliphatic heterocycles. The van der Waals surface area contributed by atoms with E-state index in [2.05, 4.69) is 35.1 Å². The van der Waals surface area contributed by atoms with Crippen LogP contribution in [-0.2, 0) is 6.54 Å². The predicted molar refractivity (Wildman–Crippen MR) is 166 cm³/mol. The lowest BCUT2D eigenvalue weighted by Gasteiger charge is -2.44. The maximum absolute atomic E-state index is 13.1. The van der Waals surface area contributed by atoms with E-state index in [1.54, 1.807) is 48.4 Å². The highest BCUT2D eigenvalue weighted by Gasteiger charge is 2.37. The van der Waals surface area contributed by atoms with E-state index >= 15 is 0 Å². The molecule has 9 heteroatoms. The summed E-state index contributed by atoms with van der Waals surface area (Å²) >= 11 is 0. The summed E-state index contributed by atoms with van der Waals surface area (Å²) in [6.45, 7) is 7.76. The van der Waals surface area contributed by atoms with Crippen LogP contribution >= 0.6 is 0 Å². The minimum absolute atomic E-state index is 0.00422. The molecular formula is C35H39N5O4. The van der Waals surface area contributed by atoms with Crippen molar-refractivity contribution in [1.82, 2.24) is 20.1 Å². The second-order valence-corrected chi connectivity index (χ2v) is 12.4. The predicted octanol–water partition coefficient (Wildman–Crippen LogP) is 4.73. The van der Waals surface area contributed by atoms with Crippen molar-refractivity contribution in [3.05, 3.63) is 94.8 Å². The molecule has 5 rings (SSSR count). The zero-order valence-electron chi connectivity index (χ0n) is 25.6. The van der Waals surface area contributed by atoms with E-state index in [-0.39, 0.29) is 40.7 Å². The highest BCUT2D eigenvalue weighted by Crippen LogP contribution is 2.30. The van der Waals surface area contributed by atoms with Crippen molar-refractivity contribution in [2.75, 3.05) is 33.3 Å². The molecule has 2 fully saturated rings. The molecule has 2 amide bonds. The van der Waals surface area contributed by atoms with Gasteiger partial charge in [-0.15, -0.1) is 0 Å². The van der Waals surface area contributed by atoms with E-state index in [9.17, 15) is 14.4 Å². The smallest absolute Gasteiger partial charge is 0.272 e. The van der Waals surface area contributed by atoms with E-state index in [0.717, 1.165) is 31.6 Å². The Morgan fingerprint density at radius 2 is 1.64 bits per heavy atom. The summed E-state index contributed by atoms with van der Waals surface area (Å²) in [6.07, 6.45) is 3.48. The van der Waals surface area contributed by atoms with Gasteiger partial charge >= 0.3 is 0 Å². The Labute approximate surface area is 258 Å². The standard InChI is InChI=1S/C35H39N5O4/c1-35(2)23-39(22-25-6-4-24(20-36)5-7-25)17-16-31(35)38-33(42)28-10-13-30(37-21-28)34(43)40-18-14-27(15-19-40)32(41)26-8-11-29(44-3)12-9-26/h4-13,21,27,31H,14-19,22-23H2,1-3H3,(H,38,42). The van der Waals surface area contributed by atoms with Gasteiger partial charge in [-0.1, -0.05) is 26.0 Å². The van der Waals surface area contributed by atoms with Crippen molar-refractivity contribution in [1.29, 1.82) is 5.26 Å². The van der Waals surface area contributed by atoms with Crippen LogP contribution in [0.2, 0.25) is 0 Å². The van der Waals surface area contributed by atoms with E-state index in [0.29, 0.717) is 48.4 Å². The lowest BCUT2D eigenvalue weighted by molar-refractivity contribution is 0.0615. The lowest BCUT2D eigenvalue weighted by atomic mass is 9.79. The highest BCUT2D eigenvalue weighted by atomic mass is 16.5. The van der Waals surface area contributed by atoms with E-state index < -0.39 is 0 Å². The first kappa shape index (κ1) is 30.9. The van der Waals surface area contributed by atoms with Crippen molar-refractivity contribution in [3.8, 4) is 11.8 Å². The number of aromatic nitrogens is 1. The number of likely N-dealkylation sites (tertiary alicyclic amines) is 2. The lowest BCUT2D eigenvalue weighted by Crippen LogP contribution is -2.55. The number of ether oxygens (including phenoxy) is 1. The second kappa shape index (κ2) is 13.4. The van der Waals surface area contributed by atoms with E-state index in [1.165, 1.54) is 6.20 Å². The van der Waals surface area contributed by atoms with Gasteiger partial charge in [0.1, 0.15) is 11.4 Å². The van der Waals surface area contributed by atoms with Crippen LogP contribution in [0, 0.1) is 22.7 Å². The quantitative estimate of drug-likeness (QED) is 0.376. The first-order valence-corrected chi connectivity index (χ1v) is 15.1. The third-order valence-corrected chi connectivity index (χ3v) is 8.88. The van der Waals surface area contributed by atoms with Crippen molar-refractivity contribution in [2.45, 2.75) is 45.7 Å². The van der Waals surface area contributed by atoms with Gasteiger partial charge in [-0.2, -0.15) is 5.26 Å². The van der Waals surface area contributed by atoms with Crippen LogP contribution in [0.15, 0.2) is 66.9 Å². The third-order valence-electron chi connectivity index (χ3n) is 8.88. The number of nitrogens with zero attached hydrogens (tertiary/aromatic N) is 4. The zero-order chi connectivity index (χ0) is 31.3. The van der Waals surface area contributed by atoms with Gasteiger partial charge in [0.2, 0.25) is 0 Å². The average molecular weight is 594 g/mol. The van der Waals surface area contributed by atoms with Crippen LogP contribution in [0.25, 0.3) is 0 Å². The van der Waals surface area contributed by atoms with Crippen LogP contribution in [0.1, 0.15) is 75.4 Å². The van der Waals surface area contributed by atoms with Gasteiger partial charge in [0.05, 0.1) is 24.3 Å². The van der Waals surface area contributed by atoms with Gasteiger partial charge in [0.25, 0.3) is 11.8 Å². The molecule has 2 aliphatic rings. The highest BCUT2D eigenvalue weighted by molar-refractivity contribution is 5.99. The van der Waals surface area contributed by atoms with Gasteiger partial charge in [-0.3, -0.25) is 24.3 Å². The largest absolute Gasteiger partial charge is 0.497 e. The second-order valence-electron chi connectivity index (χ2n) is 12.4. The van der Waals surface area contributed by atoms with E-state index in [4.69, 9.17) is 10.00 Å². The number of amides is 2. The number of benzene rings is 2. The number of nitrogens with one attached hydrogen (secondary N) is 1. The number of hydrogen-bond acceptors (Lipinski definition) is 7. The average Bonchev–Trinajstić information content (AvgIpc) is 3.05. The first-order chi connectivity index (χ1) is 21.2. The Balaban J connectivity index is 1.11. The van der Waals surface area contributed by atoms with Gasteiger partial charge < -0.3 is 15.0 Å². The van der Waals surface area contributed by atoms with Crippen molar-refractivity contribution in [3.63, 3.8) is 0 Å². The molecule has 0 saturated carbocycles. The molecule has 228 valence electrons. The van der Waals surface area contributed by atoms with E-state index in [1.807, 2.05) is 24.3 Å². The topological polar surface area (TPSA) is 116 Å². The Kier molecular flexibility index (Phi) is 9.40. The Morgan fingerprint density at radius 3 is 2.23 bits per heavy atom. The molecule has 3 aromatic rings. The molecule has 0 radical (unpaired) electrons.